The molecule has 5 heteroatoms. The van der Waals surface area contributed by atoms with E-state index < -0.39 is 23.8 Å². The molecule has 104 valence electrons. The zero-order valence-electron chi connectivity index (χ0n) is 11.8. The van der Waals surface area contributed by atoms with Gasteiger partial charge in [-0.3, -0.25) is 9.59 Å². The summed E-state index contributed by atoms with van der Waals surface area (Å²) in [5, 5.41) is 19.1. The molecule has 0 bridgehead atoms. The number of hydrogen-bond acceptors (Lipinski definition) is 3. The Hall–Kier alpha value is -1.20. The summed E-state index contributed by atoms with van der Waals surface area (Å²) in [5.74, 6) is -1.56. The van der Waals surface area contributed by atoms with Gasteiger partial charge in [-0.1, -0.05) is 19.9 Å². The monoisotopic (exact) mass is 258 g/mol. The molecule has 0 aliphatic heterocycles. The Morgan fingerprint density at radius 1 is 1.28 bits per heavy atom. The van der Waals surface area contributed by atoms with Gasteiger partial charge in [0.1, 0.15) is 6.54 Å². The summed E-state index contributed by atoms with van der Waals surface area (Å²) in [5.41, 5.74) is -1.85. The fraction of sp³-hybridized carbons (Fsp3) is 0.692. The van der Waals surface area contributed by atoms with Crippen LogP contribution in [0.1, 0.15) is 20.3 Å². The van der Waals surface area contributed by atoms with E-state index >= 15 is 0 Å². The van der Waals surface area contributed by atoms with Gasteiger partial charge >= 0.3 is 5.97 Å². The highest BCUT2D eigenvalue weighted by atomic mass is 16.4. The zero-order valence-corrected chi connectivity index (χ0v) is 11.8. The molecule has 1 unspecified atom stereocenters. The molecule has 0 amide bonds. The minimum absolute atomic E-state index is 0.0561. The second kappa shape index (κ2) is 6.11. The first kappa shape index (κ1) is 16.8. The molecule has 0 saturated heterocycles. The van der Waals surface area contributed by atoms with Crippen molar-refractivity contribution in [3.05, 3.63) is 12.2 Å². The van der Waals surface area contributed by atoms with Crippen molar-refractivity contribution >= 4 is 11.8 Å². The van der Waals surface area contributed by atoms with Gasteiger partial charge in [0, 0.05) is 0 Å². The molecule has 0 saturated carbocycles. The lowest BCUT2D eigenvalue weighted by Gasteiger charge is -2.33. The molecule has 2 N–H and O–H groups in total. The predicted molar refractivity (Wildman–Crippen MR) is 69.1 cm³/mol. The van der Waals surface area contributed by atoms with Gasteiger partial charge < -0.3 is 14.7 Å². The number of carbonyl (C=O) groups excluding carboxylic acids is 1. The topological polar surface area (TPSA) is 74.6 Å². The van der Waals surface area contributed by atoms with Crippen LogP contribution in [0.3, 0.4) is 0 Å². The van der Waals surface area contributed by atoms with E-state index in [4.69, 9.17) is 5.11 Å². The minimum atomic E-state index is -1.85. The molecule has 0 aromatic rings. The second-order valence-electron chi connectivity index (χ2n) is 6.02. The molecule has 1 atom stereocenters. The van der Waals surface area contributed by atoms with Crippen molar-refractivity contribution in [1.29, 1.82) is 0 Å². The van der Waals surface area contributed by atoms with Crippen LogP contribution in [-0.2, 0) is 9.59 Å². The molecule has 5 nitrogen and oxygen atoms in total. The first-order valence-corrected chi connectivity index (χ1v) is 5.93. The lowest BCUT2D eigenvalue weighted by atomic mass is 9.92. The average Bonchev–Trinajstić information content (AvgIpc) is 2.09. The minimum Gasteiger partial charge on any atom is -0.481 e. The number of rotatable bonds is 7. The molecule has 0 aliphatic rings. The van der Waals surface area contributed by atoms with Gasteiger partial charge in [-0.2, -0.15) is 0 Å². The largest absolute Gasteiger partial charge is 0.481 e. The fourth-order valence-corrected chi connectivity index (χ4v) is 1.69. The van der Waals surface area contributed by atoms with Gasteiger partial charge in [-0.15, -0.1) is 0 Å². The number of carboxylic acids is 1. The number of quaternary nitrogens is 1. The highest BCUT2D eigenvalue weighted by molar-refractivity contribution is 5.99. The van der Waals surface area contributed by atoms with Gasteiger partial charge in [0.15, 0.2) is 11.4 Å². The lowest BCUT2D eigenvalue weighted by Crippen LogP contribution is -2.54. The Morgan fingerprint density at radius 2 is 1.78 bits per heavy atom. The predicted octanol–water partition coefficient (Wildman–Crippen LogP) is 0.680. The van der Waals surface area contributed by atoms with E-state index in [1.807, 2.05) is 13.8 Å². The maximum atomic E-state index is 12.0. The van der Waals surface area contributed by atoms with Crippen molar-refractivity contribution in [3.8, 4) is 0 Å². The molecule has 0 aliphatic carbocycles. The van der Waals surface area contributed by atoms with Gasteiger partial charge in [0.25, 0.3) is 0 Å². The third kappa shape index (κ3) is 6.51. The van der Waals surface area contributed by atoms with E-state index in [2.05, 4.69) is 0 Å². The Balaban J connectivity index is 5.08. The molecule has 18 heavy (non-hydrogen) atoms. The molecular weight excluding hydrogens is 234 g/mol. The fourth-order valence-electron chi connectivity index (χ4n) is 1.69. The Kier molecular flexibility index (Phi) is 5.70. The second-order valence-corrected chi connectivity index (χ2v) is 6.02. The molecular formula is C13H24NO4+. The van der Waals surface area contributed by atoms with Crippen LogP contribution in [0.25, 0.3) is 0 Å². The smallest absolute Gasteiger partial charge is 0.307 e. The molecule has 0 aromatic carbocycles. The number of allylic oxidation sites excluding steroid dienone is 1. The maximum Gasteiger partial charge on any atom is 0.307 e. The summed E-state index contributed by atoms with van der Waals surface area (Å²) in [4.78, 5) is 22.8. The van der Waals surface area contributed by atoms with Gasteiger partial charge in [-0.25, -0.2) is 0 Å². The first-order valence-electron chi connectivity index (χ1n) is 5.93. The first-order chi connectivity index (χ1) is 7.96. The van der Waals surface area contributed by atoms with Crippen LogP contribution in [0.2, 0.25) is 0 Å². The number of carbonyl (C=O) groups is 2. The standard InChI is InChI=1S/C13H23NO4/c1-10(2)6-7-11(15)13(18,8-12(16)17)9-14(3,4)5/h6-7,10,18H,8-9H2,1-5H3/p+1. The van der Waals surface area contributed by atoms with E-state index in [1.54, 1.807) is 27.2 Å². The molecule has 0 rings (SSSR count). The normalized spacial score (nSPS) is 15.9. The van der Waals surface area contributed by atoms with Crippen LogP contribution in [0, 0.1) is 5.92 Å². The molecule has 0 fully saturated rings. The van der Waals surface area contributed by atoms with Crippen LogP contribution in [0.4, 0.5) is 0 Å². The number of nitrogens with zero attached hydrogens (tertiary/aromatic N) is 1. The van der Waals surface area contributed by atoms with Crippen molar-refractivity contribution in [2.24, 2.45) is 5.92 Å². The molecule has 0 aromatic heterocycles. The molecule has 0 heterocycles. The number of carboxylic acid groups (broad SMARTS) is 1. The SMILES string of the molecule is CC(C)C=CC(=O)C(O)(CC(=O)O)C[N+](C)(C)C. The number of ketones is 1. The third-order valence-corrected chi connectivity index (χ3v) is 2.27. The van der Waals surface area contributed by atoms with E-state index in [-0.39, 0.29) is 12.5 Å². The summed E-state index contributed by atoms with van der Waals surface area (Å²) in [7, 11) is 5.39. The van der Waals surface area contributed by atoms with E-state index in [0.717, 1.165) is 0 Å². The summed E-state index contributed by atoms with van der Waals surface area (Å²) in [6, 6.07) is 0. The van der Waals surface area contributed by atoms with Crippen molar-refractivity contribution in [3.63, 3.8) is 0 Å². The van der Waals surface area contributed by atoms with Gasteiger partial charge in [-0.05, 0) is 12.0 Å². The maximum absolute atomic E-state index is 12.0. The Morgan fingerprint density at radius 3 is 2.11 bits per heavy atom. The molecule has 0 spiro atoms. The Bertz CT molecular complexity index is 341. The van der Waals surface area contributed by atoms with E-state index in [1.165, 1.54) is 6.08 Å². The van der Waals surface area contributed by atoms with Crippen LogP contribution < -0.4 is 0 Å². The lowest BCUT2D eigenvalue weighted by molar-refractivity contribution is -0.875. The van der Waals surface area contributed by atoms with Crippen LogP contribution in [-0.4, -0.2) is 59.7 Å². The van der Waals surface area contributed by atoms with Crippen molar-refractivity contribution in [2.75, 3.05) is 27.7 Å². The number of likely N-dealkylation sites (N-methyl/N-ethyl adjacent to an activating group) is 1. The van der Waals surface area contributed by atoms with Crippen LogP contribution >= 0.6 is 0 Å². The zero-order chi connectivity index (χ0) is 14.6. The van der Waals surface area contributed by atoms with Crippen LogP contribution in [0.5, 0.6) is 0 Å². The average molecular weight is 258 g/mol. The summed E-state index contributed by atoms with van der Waals surface area (Å²) in [6.45, 7) is 3.86. The van der Waals surface area contributed by atoms with Crippen molar-refractivity contribution in [2.45, 2.75) is 25.9 Å². The van der Waals surface area contributed by atoms with E-state index in [9.17, 15) is 14.7 Å². The van der Waals surface area contributed by atoms with Crippen molar-refractivity contribution in [1.82, 2.24) is 0 Å². The third-order valence-electron chi connectivity index (χ3n) is 2.27. The highest BCUT2D eigenvalue weighted by Crippen LogP contribution is 2.17. The van der Waals surface area contributed by atoms with Gasteiger partial charge in [0.05, 0.1) is 27.6 Å². The summed E-state index contributed by atoms with van der Waals surface area (Å²) >= 11 is 0. The van der Waals surface area contributed by atoms with Gasteiger partial charge in [0.2, 0.25) is 0 Å². The molecule has 0 radical (unpaired) electrons. The highest BCUT2D eigenvalue weighted by Gasteiger charge is 2.41. The number of aliphatic hydroxyl groups is 1. The number of hydrogen-bond donors (Lipinski definition) is 2. The summed E-state index contributed by atoms with van der Waals surface area (Å²) in [6.07, 6.45) is 2.36. The Labute approximate surface area is 108 Å². The number of aliphatic carboxylic acids is 1. The van der Waals surface area contributed by atoms with E-state index in [0.29, 0.717) is 4.48 Å². The van der Waals surface area contributed by atoms with Crippen LogP contribution in [0.15, 0.2) is 12.2 Å². The van der Waals surface area contributed by atoms with Crippen molar-refractivity contribution < 1.29 is 24.3 Å². The summed E-state index contributed by atoms with van der Waals surface area (Å²) < 4.78 is 0.311. The quantitative estimate of drug-likeness (QED) is 0.520.